The zero-order valence-electron chi connectivity index (χ0n) is 16.6. The summed E-state index contributed by atoms with van der Waals surface area (Å²) < 4.78 is 130. The number of benzene rings is 2. The van der Waals surface area contributed by atoms with Crippen molar-refractivity contribution in [2.24, 2.45) is 0 Å². The number of hydrogen-bond donors (Lipinski definition) is 0. The standard InChI is InChI=1S/2C6F5.2C4H8O.Ni/c2*7-2-1-3(8)5(10)6(11)4(2)9;2*1-2-4-5-3-1;/h;;2*1-4H2;/q2*-1;;;+2. The van der Waals surface area contributed by atoms with Crippen LogP contribution in [0.1, 0.15) is 25.7 Å². The van der Waals surface area contributed by atoms with Crippen molar-refractivity contribution < 1.29 is 69.9 Å². The van der Waals surface area contributed by atoms with Crippen LogP contribution in [0.5, 0.6) is 0 Å². The molecule has 2 saturated heterocycles. The largest absolute Gasteiger partial charge is 2.00 e. The molecule has 0 aromatic heterocycles. The predicted molar refractivity (Wildman–Crippen MR) is 90.2 cm³/mol. The van der Waals surface area contributed by atoms with Gasteiger partial charge in [-0.25, -0.2) is 26.3 Å². The third-order valence-corrected chi connectivity index (χ3v) is 3.64. The zero-order chi connectivity index (χ0) is 24.3. The van der Waals surface area contributed by atoms with E-state index < -0.39 is 58.2 Å². The van der Waals surface area contributed by atoms with E-state index in [0.29, 0.717) is 0 Å². The Balaban J connectivity index is 0.000000434. The van der Waals surface area contributed by atoms with Crippen molar-refractivity contribution in [3.63, 3.8) is 0 Å². The molecule has 2 aliphatic rings. The minimum absolute atomic E-state index is 0. The van der Waals surface area contributed by atoms with E-state index in [4.69, 9.17) is 9.47 Å². The van der Waals surface area contributed by atoms with Crippen LogP contribution in [0.3, 0.4) is 0 Å². The first kappa shape index (κ1) is 31.2. The van der Waals surface area contributed by atoms with Gasteiger partial charge >= 0.3 is 16.5 Å². The maximum atomic E-state index is 12.0. The van der Waals surface area contributed by atoms with Crippen LogP contribution in [0.15, 0.2) is 0 Å². The summed E-state index contributed by atoms with van der Waals surface area (Å²) in [7, 11) is 0. The van der Waals surface area contributed by atoms with Crippen LogP contribution in [0, 0.1) is 70.3 Å². The molecule has 2 aromatic carbocycles. The van der Waals surface area contributed by atoms with Gasteiger partial charge in [-0.2, -0.15) is 0 Å². The molecule has 0 aliphatic carbocycles. The van der Waals surface area contributed by atoms with Gasteiger partial charge in [-0.05, 0) is 25.7 Å². The smallest absolute Gasteiger partial charge is 0.381 e. The van der Waals surface area contributed by atoms with Gasteiger partial charge in [0.1, 0.15) is 0 Å². The summed E-state index contributed by atoms with van der Waals surface area (Å²) in [5, 5.41) is 0. The van der Waals surface area contributed by atoms with Gasteiger partial charge in [0.2, 0.25) is 0 Å². The maximum absolute atomic E-state index is 12.0. The fourth-order valence-electron chi connectivity index (χ4n) is 2.01. The van der Waals surface area contributed by atoms with Crippen LogP contribution in [-0.4, -0.2) is 26.4 Å². The Bertz CT molecular complexity index is 736. The van der Waals surface area contributed by atoms with Crippen molar-refractivity contribution in [2.75, 3.05) is 26.4 Å². The molecule has 13 heteroatoms. The molecule has 0 radical (unpaired) electrons. The van der Waals surface area contributed by atoms with E-state index in [1.54, 1.807) is 0 Å². The van der Waals surface area contributed by atoms with Gasteiger partial charge < -0.3 is 9.47 Å². The average Bonchev–Trinajstić information content (AvgIpc) is 3.53. The number of ether oxygens (including phenoxy) is 2. The fourth-order valence-corrected chi connectivity index (χ4v) is 2.01. The SMILES string of the molecule is C1CCOC1.C1CCOC1.Fc1[c-]c(F)c(F)c(F)c1F.Fc1[c-]c(F)c(F)c(F)c1F.[Ni+2]. The first-order chi connectivity index (χ1) is 15.1. The van der Waals surface area contributed by atoms with Crippen molar-refractivity contribution in [1.29, 1.82) is 0 Å². The molecule has 33 heavy (non-hydrogen) atoms. The molecule has 0 amide bonds. The molecule has 188 valence electrons. The molecule has 0 atom stereocenters. The number of hydrogen-bond acceptors (Lipinski definition) is 2. The first-order valence-corrected chi connectivity index (χ1v) is 9.04. The second-order valence-corrected chi connectivity index (χ2v) is 6.03. The topological polar surface area (TPSA) is 18.5 Å². The summed E-state index contributed by atoms with van der Waals surface area (Å²) in [6.07, 6.45) is 5.11. The quantitative estimate of drug-likeness (QED) is 0.136. The Hall–Kier alpha value is -1.85. The van der Waals surface area contributed by atoms with E-state index in [1.165, 1.54) is 25.7 Å². The Morgan fingerprint density at radius 3 is 0.758 bits per heavy atom. The Morgan fingerprint density at radius 1 is 0.394 bits per heavy atom. The molecule has 2 heterocycles. The molecule has 0 unspecified atom stereocenters. The van der Waals surface area contributed by atoms with Crippen LogP contribution < -0.4 is 0 Å². The molecular formula is C20H16F10NiO2. The normalized spacial score (nSPS) is 14.1. The minimum atomic E-state index is -2.17. The summed E-state index contributed by atoms with van der Waals surface area (Å²) in [5.74, 6) is -20.1. The summed E-state index contributed by atoms with van der Waals surface area (Å²) >= 11 is 0. The molecule has 2 aromatic rings. The molecule has 2 nitrogen and oxygen atoms in total. The second-order valence-electron chi connectivity index (χ2n) is 6.03. The van der Waals surface area contributed by atoms with Gasteiger partial charge in [-0.3, -0.25) is 17.6 Å². The third kappa shape index (κ3) is 10.3. The van der Waals surface area contributed by atoms with Crippen molar-refractivity contribution in [1.82, 2.24) is 0 Å². The molecule has 0 spiro atoms. The summed E-state index contributed by atoms with van der Waals surface area (Å²) in [5.41, 5.74) is 0. The van der Waals surface area contributed by atoms with Gasteiger partial charge in [-0.15, -0.1) is 12.1 Å². The van der Waals surface area contributed by atoms with E-state index in [0.717, 1.165) is 38.6 Å². The van der Waals surface area contributed by atoms with Crippen LogP contribution in [-0.2, 0) is 26.0 Å². The van der Waals surface area contributed by atoms with Gasteiger partial charge in [0.05, 0.1) is 58.2 Å². The second kappa shape index (κ2) is 15.9. The molecular weight excluding hydrogens is 521 g/mol. The van der Waals surface area contributed by atoms with Crippen molar-refractivity contribution >= 4 is 0 Å². The van der Waals surface area contributed by atoms with Gasteiger partial charge in [-0.1, -0.05) is 0 Å². The van der Waals surface area contributed by atoms with Crippen LogP contribution in [0.2, 0.25) is 0 Å². The minimum Gasteiger partial charge on any atom is -0.381 e. The fraction of sp³-hybridized carbons (Fsp3) is 0.400. The zero-order valence-corrected chi connectivity index (χ0v) is 17.6. The van der Waals surface area contributed by atoms with E-state index in [9.17, 15) is 43.9 Å². The molecule has 0 bridgehead atoms. The molecule has 0 N–H and O–H groups in total. The van der Waals surface area contributed by atoms with Crippen molar-refractivity contribution in [3.05, 3.63) is 70.3 Å². The summed E-state index contributed by atoms with van der Waals surface area (Å²) in [6, 6.07) is 2.05. The van der Waals surface area contributed by atoms with Crippen molar-refractivity contribution in [3.8, 4) is 0 Å². The third-order valence-electron chi connectivity index (χ3n) is 3.64. The first-order valence-electron chi connectivity index (χ1n) is 9.04. The van der Waals surface area contributed by atoms with Crippen molar-refractivity contribution in [2.45, 2.75) is 25.7 Å². The molecule has 2 fully saturated rings. The molecule has 2 aliphatic heterocycles. The Morgan fingerprint density at radius 2 is 0.606 bits per heavy atom. The van der Waals surface area contributed by atoms with Crippen LogP contribution in [0.4, 0.5) is 43.9 Å². The van der Waals surface area contributed by atoms with Gasteiger partial charge in [0.15, 0.2) is 0 Å². The number of halogens is 10. The molecule has 0 saturated carbocycles. The Kier molecular flexibility index (Phi) is 15.0. The van der Waals surface area contributed by atoms with Gasteiger partial charge in [0.25, 0.3) is 0 Å². The van der Waals surface area contributed by atoms with E-state index in [-0.39, 0.29) is 16.5 Å². The maximum Gasteiger partial charge on any atom is 2.00 e. The van der Waals surface area contributed by atoms with Crippen LogP contribution in [0.25, 0.3) is 0 Å². The summed E-state index contributed by atoms with van der Waals surface area (Å²) in [6.45, 7) is 4.00. The monoisotopic (exact) mass is 536 g/mol. The average molecular weight is 537 g/mol. The predicted octanol–water partition coefficient (Wildman–Crippen LogP) is 5.96. The Labute approximate surface area is 192 Å². The summed E-state index contributed by atoms with van der Waals surface area (Å²) in [4.78, 5) is 0. The number of rotatable bonds is 0. The van der Waals surface area contributed by atoms with E-state index >= 15 is 0 Å². The van der Waals surface area contributed by atoms with E-state index in [2.05, 4.69) is 0 Å². The van der Waals surface area contributed by atoms with Gasteiger partial charge in [0, 0.05) is 26.4 Å². The van der Waals surface area contributed by atoms with E-state index in [1.807, 2.05) is 0 Å². The molecule has 4 rings (SSSR count). The van der Waals surface area contributed by atoms with Crippen LogP contribution >= 0.6 is 0 Å².